The van der Waals surface area contributed by atoms with Gasteiger partial charge >= 0.3 is 11.7 Å². The van der Waals surface area contributed by atoms with Crippen LogP contribution in [0.4, 0.5) is 11.5 Å². The fourth-order valence-electron chi connectivity index (χ4n) is 2.68. The predicted octanol–water partition coefficient (Wildman–Crippen LogP) is 1.08. The SMILES string of the molecule is Cc1nn(C)c(N2CCCC2(C)C(=O)O)c1[N+](=O)[O-]. The zero-order chi connectivity index (χ0) is 14.4. The number of hydrogen-bond donors (Lipinski definition) is 1. The summed E-state index contributed by atoms with van der Waals surface area (Å²) >= 11 is 0. The number of carbonyl (C=O) groups is 1. The molecule has 1 saturated heterocycles. The lowest BCUT2D eigenvalue weighted by molar-refractivity contribution is -0.384. The van der Waals surface area contributed by atoms with Crippen molar-refractivity contribution in [1.29, 1.82) is 0 Å². The van der Waals surface area contributed by atoms with E-state index in [1.807, 2.05) is 0 Å². The first-order valence-corrected chi connectivity index (χ1v) is 5.98. The van der Waals surface area contributed by atoms with E-state index in [-0.39, 0.29) is 11.5 Å². The number of anilines is 1. The zero-order valence-corrected chi connectivity index (χ0v) is 11.1. The summed E-state index contributed by atoms with van der Waals surface area (Å²) in [6.45, 7) is 3.62. The Morgan fingerprint density at radius 2 is 2.21 bits per heavy atom. The van der Waals surface area contributed by atoms with Gasteiger partial charge in [-0.3, -0.25) is 10.1 Å². The summed E-state index contributed by atoms with van der Waals surface area (Å²) in [5.41, 5.74) is -0.940. The second-order valence-electron chi connectivity index (χ2n) is 4.97. The molecule has 1 aromatic heterocycles. The van der Waals surface area contributed by atoms with Gasteiger partial charge in [-0.15, -0.1) is 0 Å². The molecular weight excluding hydrogens is 252 g/mol. The Kier molecular flexibility index (Phi) is 2.95. The molecule has 1 N–H and O–H groups in total. The van der Waals surface area contributed by atoms with Crippen molar-refractivity contribution in [3.63, 3.8) is 0 Å². The molecule has 0 aromatic carbocycles. The summed E-state index contributed by atoms with van der Waals surface area (Å²) in [5.74, 6) is -0.706. The maximum Gasteiger partial charge on any atom is 0.333 e. The molecule has 0 saturated carbocycles. The molecule has 1 atom stereocenters. The van der Waals surface area contributed by atoms with Gasteiger partial charge in [-0.1, -0.05) is 0 Å². The molecule has 104 valence electrons. The third kappa shape index (κ3) is 1.83. The van der Waals surface area contributed by atoms with Gasteiger partial charge in [0.1, 0.15) is 11.2 Å². The van der Waals surface area contributed by atoms with Crippen molar-refractivity contribution in [3.05, 3.63) is 15.8 Å². The molecule has 0 aliphatic carbocycles. The average molecular weight is 268 g/mol. The fraction of sp³-hybridized carbons (Fsp3) is 0.636. The number of nitro groups is 1. The molecule has 1 aliphatic rings. The number of hydrogen-bond acceptors (Lipinski definition) is 5. The van der Waals surface area contributed by atoms with Crippen molar-refractivity contribution >= 4 is 17.5 Å². The van der Waals surface area contributed by atoms with Crippen molar-refractivity contribution in [3.8, 4) is 0 Å². The van der Waals surface area contributed by atoms with Gasteiger partial charge in [-0.05, 0) is 26.7 Å². The highest BCUT2D eigenvalue weighted by atomic mass is 16.6. The van der Waals surface area contributed by atoms with Crippen LogP contribution in [-0.4, -0.2) is 37.9 Å². The molecular formula is C11H16N4O4. The number of carboxylic acids is 1. The van der Waals surface area contributed by atoms with Crippen LogP contribution in [0.25, 0.3) is 0 Å². The quantitative estimate of drug-likeness (QED) is 0.650. The number of nitrogens with zero attached hydrogens (tertiary/aromatic N) is 4. The van der Waals surface area contributed by atoms with Crippen molar-refractivity contribution in [2.24, 2.45) is 7.05 Å². The number of aliphatic carboxylic acids is 1. The number of aromatic nitrogens is 2. The summed E-state index contributed by atoms with van der Waals surface area (Å²) in [6, 6.07) is 0. The molecule has 0 spiro atoms. The van der Waals surface area contributed by atoms with Gasteiger partial charge in [0.15, 0.2) is 0 Å². The monoisotopic (exact) mass is 268 g/mol. The molecule has 0 radical (unpaired) electrons. The molecule has 1 aliphatic heterocycles. The van der Waals surface area contributed by atoms with Crippen molar-refractivity contribution < 1.29 is 14.8 Å². The fourth-order valence-corrected chi connectivity index (χ4v) is 2.68. The summed E-state index contributed by atoms with van der Waals surface area (Å²) in [4.78, 5) is 23.7. The maximum atomic E-state index is 11.5. The molecule has 8 heteroatoms. The lowest BCUT2D eigenvalue weighted by atomic mass is 9.99. The van der Waals surface area contributed by atoms with Crippen LogP contribution in [0, 0.1) is 17.0 Å². The van der Waals surface area contributed by atoms with Crippen LogP contribution in [-0.2, 0) is 11.8 Å². The first kappa shape index (κ1) is 13.3. The van der Waals surface area contributed by atoms with E-state index < -0.39 is 16.4 Å². The molecule has 8 nitrogen and oxygen atoms in total. The molecule has 2 heterocycles. The number of rotatable bonds is 3. The highest BCUT2D eigenvalue weighted by Crippen LogP contribution is 2.40. The smallest absolute Gasteiger partial charge is 0.333 e. The Morgan fingerprint density at radius 3 is 2.74 bits per heavy atom. The van der Waals surface area contributed by atoms with E-state index in [1.54, 1.807) is 25.8 Å². The minimum Gasteiger partial charge on any atom is -0.480 e. The summed E-state index contributed by atoms with van der Waals surface area (Å²) in [5, 5.41) is 24.6. The first-order chi connectivity index (χ1) is 8.79. The van der Waals surface area contributed by atoms with E-state index >= 15 is 0 Å². The minimum atomic E-state index is -1.12. The Morgan fingerprint density at radius 1 is 1.58 bits per heavy atom. The van der Waals surface area contributed by atoms with Crippen molar-refractivity contribution in [2.45, 2.75) is 32.2 Å². The van der Waals surface area contributed by atoms with Gasteiger partial charge in [-0.25, -0.2) is 9.48 Å². The average Bonchev–Trinajstić information content (AvgIpc) is 2.79. The van der Waals surface area contributed by atoms with Gasteiger partial charge in [0, 0.05) is 13.6 Å². The standard InChI is InChI=1S/C11H16N4O4/c1-7-8(15(18)19)9(13(3)12-7)14-6-4-5-11(14,2)10(16)17/h4-6H2,1-3H3,(H,16,17). The Labute approximate surface area is 109 Å². The Balaban J connectivity index is 2.59. The topological polar surface area (TPSA) is 102 Å². The van der Waals surface area contributed by atoms with Crippen LogP contribution in [0.2, 0.25) is 0 Å². The lowest BCUT2D eigenvalue weighted by Crippen LogP contribution is -2.49. The minimum absolute atomic E-state index is 0.114. The molecule has 1 fully saturated rings. The van der Waals surface area contributed by atoms with Gasteiger partial charge < -0.3 is 10.0 Å². The molecule has 0 amide bonds. The molecule has 1 unspecified atom stereocenters. The molecule has 2 rings (SSSR count). The van der Waals surface area contributed by atoms with E-state index in [9.17, 15) is 20.0 Å². The van der Waals surface area contributed by atoms with Crippen LogP contribution in [0.1, 0.15) is 25.5 Å². The third-order valence-corrected chi connectivity index (χ3v) is 3.70. The van der Waals surface area contributed by atoms with Gasteiger partial charge in [0.25, 0.3) is 0 Å². The number of carboxylic acid groups (broad SMARTS) is 1. The van der Waals surface area contributed by atoms with Crippen molar-refractivity contribution in [1.82, 2.24) is 9.78 Å². The van der Waals surface area contributed by atoms with E-state index in [0.717, 1.165) is 0 Å². The van der Waals surface area contributed by atoms with Crippen molar-refractivity contribution in [2.75, 3.05) is 11.4 Å². The highest BCUT2D eigenvalue weighted by molar-refractivity contribution is 5.85. The highest BCUT2D eigenvalue weighted by Gasteiger charge is 2.47. The van der Waals surface area contributed by atoms with Gasteiger partial charge in [0.05, 0.1) is 4.92 Å². The van der Waals surface area contributed by atoms with Crippen LogP contribution < -0.4 is 4.90 Å². The zero-order valence-electron chi connectivity index (χ0n) is 11.1. The largest absolute Gasteiger partial charge is 0.480 e. The van der Waals surface area contributed by atoms with Crippen LogP contribution >= 0.6 is 0 Å². The molecule has 1 aromatic rings. The van der Waals surface area contributed by atoms with E-state index in [4.69, 9.17) is 0 Å². The molecule has 0 bridgehead atoms. The second kappa shape index (κ2) is 4.22. The second-order valence-corrected chi connectivity index (χ2v) is 4.97. The van der Waals surface area contributed by atoms with Crippen LogP contribution in [0.3, 0.4) is 0 Å². The Hall–Kier alpha value is -2.12. The van der Waals surface area contributed by atoms with E-state index in [1.165, 1.54) is 4.68 Å². The van der Waals surface area contributed by atoms with Crippen LogP contribution in [0.15, 0.2) is 0 Å². The normalized spacial score (nSPS) is 22.8. The summed E-state index contributed by atoms with van der Waals surface area (Å²) in [6.07, 6.45) is 1.15. The first-order valence-electron chi connectivity index (χ1n) is 5.98. The van der Waals surface area contributed by atoms with Crippen LogP contribution in [0.5, 0.6) is 0 Å². The lowest BCUT2D eigenvalue weighted by Gasteiger charge is -2.31. The summed E-state index contributed by atoms with van der Waals surface area (Å²) < 4.78 is 1.39. The third-order valence-electron chi connectivity index (χ3n) is 3.70. The van der Waals surface area contributed by atoms with Gasteiger partial charge in [-0.2, -0.15) is 5.10 Å². The Bertz CT molecular complexity index is 553. The van der Waals surface area contributed by atoms with Gasteiger partial charge in [0.2, 0.25) is 5.82 Å². The maximum absolute atomic E-state index is 11.5. The molecule has 19 heavy (non-hydrogen) atoms. The summed E-state index contributed by atoms with van der Waals surface area (Å²) in [7, 11) is 1.59. The van der Waals surface area contributed by atoms with E-state index in [0.29, 0.717) is 25.1 Å². The number of aryl methyl sites for hydroxylation is 2. The predicted molar refractivity (Wildman–Crippen MR) is 67.2 cm³/mol. The van der Waals surface area contributed by atoms with E-state index in [2.05, 4.69) is 5.10 Å².